The molecule has 4 N–H and O–H groups in total. The van der Waals surface area contributed by atoms with Gasteiger partial charge in [0.2, 0.25) is 23.6 Å². The molecule has 2 heterocycles. The Balaban J connectivity index is 0.893. The standard InChI is InChI=1S/C46H52N6O10/c1-31(49-23-41(53)51(42(54)24-49)29-61-45(57)39(47)21-33-13-17-37(18-14-33)59-27-35-9-5-3-6-10-35)32(2)50-25-43(55)52(44(56)26-50)30-62-46(58)40(48)22-34-15-19-38(20-16-34)60-28-36-11-7-4-8-12-36/h3-20,31-32,39-40H,21-30,47-48H2,1-2H3/t31-,32+,39-,40-/m0/s1. The molecule has 4 amide bonds. The molecule has 2 aliphatic rings. The lowest BCUT2D eigenvalue weighted by atomic mass is 10.1. The fourth-order valence-electron chi connectivity index (χ4n) is 6.97. The molecule has 0 saturated carbocycles. The molecule has 6 rings (SSSR count). The SMILES string of the molecule is C[C@H]([C@H](C)N1CC(=O)N(COC(=O)[C@@H](N)Cc2ccc(OCc3ccccc3)cc2)C(=O)C1)N1CC(=O)N(COC(=O)[C@@H](N)Cc2ccc(OCc3ccccc3)cc2)C(=O)C1. The highest BCUT2D eigenvalue weighted by Gasteiger charge is 2.40. The quantitative estimate of drug-likeness (QED) is 0.103. The second-order valence-corrected chi connectivity index (χ2v) is 15.4. The summed E-state index contributed by atoms with van der Waals surface area (Å²) in [6.07, 6.45) is 0.342. The van der Waals surface area contributed by atoms with Crippen LogP contribution in [-0.2, 0) is 64.3 Å². The van der Waals surface area contributed by atoms with Crippen LogP contribution in [0, 0.1) is 0 Å². The molecule has 2 saturated heterocycles. The predicted octanol–water partition coefficient (Wildman–Crippen LogP) is 2.40. The van der Waals surface area contributed by atoms with Crippen molar-refractivity contribution < 1.29 is 47.7 Å². The van der Waals surface area contributed by atoms with Crippen LogP contribution in [0.3, 0.4) is 0 Å². The van der Waals surface area contributed by atoms with E-state index in [-0.39, 0.29) is 39.0 Å². The highest BCUT2D eigenvalue weighted by atomic mass is 16.6. The molecule has 0 spiro atoms. The van der Waals surface area contributed by atoms with Crippen LogP contribution in [0.4, 0.5) is 0 Å². The number of hydrogen-bond acceptors (Lipinski definition) is 14. The molecule has 2 aliphatic heterocycles. The summed E-state index contributed by atoms with van der Waals surface area (Å²) in [6, 6.07) is 30.9. The van der Waals surface area contributed by atoms with Gasteiger partial charge < -0.3 is 30.4 Å². The van der Waals surface area contributed by atoms with Crippen LogP contribution >= 0.6 is 0 Å². The predicted molar refractivity (Wildman–Crippen MR) is 225 cm³/mol. The van der Waals surface area contributed by atoms with Gasteiger partial charge in [-0.1, -0.05) is 84.9 Å². The highest BCUT2D eigenvalue weighted by molar-refractivity contribution is 6.00. The molecule has 0 bridgehead atoms. The number of amides is 4. The molecular weight excluding hydrogens is 797 g/mol. The summed E-state index contributed by atoms with van der Waals surface area (Å²) >= 11 is 0. The maximum Gasteiger partial charge on any atom is 0.324 e. The van der Waals surface area contributed by atoms with E-state index in [4.69, 9.17) is 30.4 Å². The first kappa shape index (κ1) is 45.1. The number of hydrogen-bond donors (Lipinski definition) is 2. The van der Waals surface area contributed by atoms with E-state index in [2.05, 4.69) is 0 Å². The van der Waals surface area contributed by atoms with Crippen molar-refractivity contribution in [2.75, 3.05) is 39.6 Å². The van der Waals surface area contributed by atoms with Gasteiger partial charge in [-0.15, -0.1) is 0 Å². The molecule has 4 aromatic carbocycles. The van der Waals surface area contributed by atoms with E-state index in [1.165, 1.54) is 0 Å². The van der Waals surface area contributed by atoms with E-state index < -0.39 is 73.2 Å². The van der Waals surface area contributed by atoms with Gasteiger partial charge in [-0.3, -0.25) is 38.6 Å². The fourth-order valence-corrected chi connectivity index (χ4v) is 6.97. The summed E-state index contributed by atoms with van der Waals surface area (Å²) in [5.74, 6) is -2.50. The second-order valence-electron chi connectivity index (χ2n) is 15.4. The van der Waals surface area contributed by atoms with Gasteiger partial charge in [0.25, 0.3) is 0 Å². The number of nitrogens with zero attached hydrogens (tertiary/aromatic N) is 4. The zero-order valence-corrected chi connectivity index (χ0v) is 34.8. The minimum absolute atomic E-state index is 0.163. The third kappa shape index (κ3) is 12.3. The Labute approximate surface area is 360 Å². The number of esters is 2. The minimum atomic E-state index is -1.03. The molecule has 62 heavy (non-hydrogen) atoms. The number of carbonyl (C=O) groups excluding carboxylic acids is 6. The molecule has 4 aromatic rings. The zero-order chi connectivity index (χ0) is 44.2. The number of imide groups is 2. The van der Waals surface area contributed by atoms with Crippen molar-refractivity contribution in [3.63, 3.8) is 0 Å². The Bertz CT molecular complexity index is 1980. The van der Waals surface area contributed by atoms with Crippen LogP contribution in [0.2, 0.25) is 0 Å². The summed E-state index contributed by atoms with van der Waals surface area (Å²) < 4.78 is 22.2. The Morgan fingerprint density at radius 3 is 1.15 bits per heavy atom. The third-order valence-corrected chi connectivity index (χ3v) is 10.9. The van der Waals surface area contributed by atoms with Crippen LogP contribution in [0.1, 0.15) is 36.1 Å². The maximum absolute atomic E-state index is 13.1. The van der Waals surface area contributed by atoms with Gasteiger partial charge in [-0.25, -0.2) is 9.80 Å². The summed E-state index contributed by atoms with van der Waals surface area (Å²) in [7, 11) is 0. The number of piperazine rings is 2. The smallest absolute Gasteiger partial charge is 0.324 e. The van der Waals surface area contributed by atoms with Crippen molar-refractivity contribution in [2.24, 2.45) is 11.5 Å². The number of benzene rings is 4. The Kier molecular flexibility index (Phi) is 15.5. The molecule has 0 aromatic heterocycles. The van der Waals surface area contributed by atoms with Crippen molar-refractivity contribution >= 4 is 35.6 Å². The lowest BCUT2D eigenvalue weighted by Gasteiger charge is -2.43. The van der Waals surface area contributed by atoms with Crippen molar-refractivity contribution in [3.8, 4) is 11.5 Å². The number of nitrogens with two attached hydrogens (primary N) is 2. The Hall–Kier alpha value is -6.46. The van der Waals surface area contributed by atoms with Gasteiger partial charge in [0.15, 0.2) is 13.5 Å². The topological polar surface area (TPSA) is 204 Å². The van der Waals surface area contributed by atoms with Gasteiger partial charge in [0.1, 0.15) is 36.8 Å². The average Bonchev–Trinajstić information content (AvgIpc) is 3.27. The van der Waals surface area contributed by atoms with E-state index >= 15 is 0 Å². The van der Waals surface area contributed by atoms with Crippen molar-refractivity contribution in [1.29, 1.82) is 0 Å². The third-order valence-electron chi connectivity index (χ3n) is 10.9. The molecular formula is C46H52N6O10. The lowest BCUT2D eigenvalue weighted by molar-refractivity contribution is -0.169. The lowest BCUT2D eigenvalue weighted by Crippen LogP contribution is -2.63. The molecule has 0 unspecified atom stereocenters. The van der Waals surface area contributed by atoms with Gasteiger partial charge in [0.05, 0.1) is 26.2 Å². The molecule has 16 heteroatoms. The van der Waals surface area contributed by atoms with Crippen molar-refractivity contribution in [2.45, 2.75) is 64.1 Å². The summed E-state index contributed by atoms with van der Waals surface area (Å²) in [6.45, 7) is 2.61. The van der Waals surface area contributed by atoms with E-state index in [0.717, 1.165) is 32.1 Å². The largest absolute Gasteiger partial charge is 0.489 e. The number of carbonyl (C=O) groups is 6. The normalized spacial score (nSPS) is 17.0. The number of ether oxygens (including phenoxy) is 4. The van der Waals surface area contributed by atoms with Gasteiger partial charge in [-0.05, 0) is 73.2 Å². The van der Waals surface area contributed by atoms with Crippen LogP contribution < -0.4 is 20.9 Å². The first-order chi connectivity index (χ1) is 29.8. The van der Waals surface area contributed by atoms with Crippen LogP contribution in [0.25, 0.3) is 0 Å². The fraction of sp³-hybridized carbons (Fsp3) is 0.348. The van der Waals surface area contributed by atoms with Crippen LogP contribution in [0.15, 0.2) is 109 Å². The van der Waals surface area contributed by atoms with Gasteiger partial charge in [-0.2, -0.15) is 0 Å². The van der Waals surface area contributed by atoms with Gasteiger partial charge >= 0.3 is 11.9 Å². The highest BCUT2D eigenvalue weighted by Crippen LogP contribution is 2.20. The van der Waals surface area contributed by atoms with E-state index in [1.54, 1.807) is 72.2 Å². The molecule has 2 fully saturated rings. The zero-order valence-electron chi connectivity index (χ0n) is 34.8. The van der Waals surface area contributed by atoms with Gasteiger partial charge in [0, 0.05) is 12.1 Å². The summed E-state index contributed by atoms with van der Waals surface area (Å²) in [4.78, 5) is 83.0. The first-order valence-electron chi connectivity index (χ1n) is 20.3. The second kappa shape index (κ2) is 21.4. The van der Waals surface area contributed by atoms with E-state index in [1.807, 2.05) is 60.7 Å². The molecule has 0 aliphatic carbocycles. The molecule has 0 radical (unpaired) electrons. The van der Waals surface area contributed by atoms with Crippen molar-refractivity contribution in [3.05, 3.63) is 131 Å². The molecule has 4 atom stereocenters. The Morgan fingerprint density at radius 1 is 0.500 bits per heavy atom. The molecule has 16 nitrogen and oxygen atoms in total. The van der Waals surface area contributed by atoms with Crippen molar-refractivity contribution in [1.82, 2.24) is 19.6 Å². The minimum Gasteiger partial charge on any atom is -0.489 e. The first-order valence-corrected chi connectivity index (χ1v) is 20.3. The maximum atomic E-state index is 13.1. The Morgan fingerprint density at radius 2 is 0.823 bits per heavy atom. The van der Waals surface area contributed by atoms with Crippen LogP contribution in [-0.4, -0.2) is 119 Å². The van der Waals surface area contributed by atoms with E-state index in [0.29, 0.717) is 24.7 Å². The van der Waals surface area contributed by atoms with E-state index in [9.17, 15) is 28.8 Å². The molecule has 326 valence electrons. The summed E-state index contributed by atoms with van der Waals surface area (Å²) in [5.41, 5.74) is 15.8. The monoisotopic (exact) mass is 848 g/mol. The summed E-state index contributed by atoms with van der Waals surface area (Å²) in [5, 5.41) is 0. The average molecular weight is 849 g/mol. The number of rotatable bonds is 19. The van der Waals surface area contributed by atoms with Crippen LogP contribution in [0.5, 0.6) is 11.5 Å².